The van der Waals surface area contributed by atoms with Gasteiger partial charge in [-0.1, -0.05) is 12.1 Å². The van der Waals surface area contributed by atoms with Gasteiger partial charge in [0.2, 0.25) is 0 Å². The van der Waals surface area contributed by atoms with Gasteiger partial charge in [-0.2, -0.15) is 5.26 Å². The predicted molar refractivity (Wildman–Crippen MR) is 73.1 cm³/mol. The summed E-state index contributed by atoms with van der Waals surface area (Å²) in [5.41, 5.74) is 0.628. The van der Waals surface area contributed by atoms with Crippen LogP contribution in [0.5, 0.6) is 0 Å². The fourth-order valence-corrected chi connectivity index (χ4v) is 2.82. The van der Waals surface area contributed by atoms with Gasteiger partial charge in [-0.3, -0.25) is 4.72 Å². The Hall–Kier alpha value is -2.39. The third kappa shape index (κ3) is 2.78. The number of benzene rings is 2. The van der Waals surface area contributed by atoms with Crippen molar-refractivity contribution in [2.75, 3.05) is 4.72 Å². The molecular formula is C14H11FN2O2S. The molecule has 0 atom stereocenters. The largest absolute Gasteiger partial charge is 0.279 e. The molecule has 1 N–H and O–H groups in total. The number of halogens is 1. The van der Waals surface area contributed by atoms with Gasteiger partial charge in [0.15, 0.2) is 0 Å². The Morgan fingerprint density at radius 1 is 1.20 bits per heavy atom. The van der Waals surface area contributed by atoms with Crippen molar-refractivity contribution in [2.24, 2.45) is 0 Å². The van der Waals surface area contributed by atoms with E-state index in [0.29, 0.717) is 0 Å². The number of nitrogens with one attached hydrogen (secondary N) is 1. The molecule has 0 saturated carbocycles. The smallest absolute Gasteiger partial charge is 0.261 e. The number of sulfonamides is 1. The van der Waals surface area contributed by atoms with Gasteiger partial charge in [0.05, 0.1) is 22.2 Å². The molecule has 4 nitrogen and oxygen atoms in total. The van der Waals surface area contributed by atoms with Gasteiger partial charge >= 0.3 is 0 Å². The first-order chi connectivity index (χ1) is 9.44. The molecule has 102 valence electrons. The van der Waals surface area contributed by atoms with Crippen LogP contribution in [0.1, 0.15) is 11.1 Å². The molecule has 0 aliphatic rings. The van der Waals surface area contributed by atoms with Gasteiger partial charge in [0.25, 0.3) is 10.0 Å². The summed E-state index contributed by atoms with van der Waals surface area (Å²) in [6, 6.07) is 11.6. The molecule has 0 aromatic heterocycles. The molecule has 0 aliphatic heterocycles. The second kappa shape index (κ2) is 5.31. The van der Waals surface area contributed by atoms with Gasteiger partial charge in [0.1, 0.15) is 5.82 Å². The number of hydrogen-bond acceptors (Lipinski definition) is 3. The molecule has 0 radical (unpaired) electrons. The quantitative estimate of drug-likeness (QED) is 0.945. The van der Waals surface area contributed by atoms with Crippen LogP contribution in [0.25, 0.3) is 0 Å². The summed E-state index contributed by atoms with van der Waals surface area (Å²) in [7, 11) is -3.85. The van der Waals surface area contributed by atoms with E-state index in [4.69, 9.17) is 5.26 Å². The molecular weight excluding hydrogens is 279 g/mol. The number of hydrogen-bond donors (Lipinski definition) is 1. The van der Waals surface area contributed by atoms with Crippen molar-refractivity contribution < 1.29 is 12.8 Å². The number of nitrogens with zero attached hydrogens (tertiary/aromatic N) is 1. The highest BCUT2D eigenvalue weighted by atomic mass is 32.2. The first-order valence-electron chi connectivity index (χ1n) is 5.72. The van der Waals surface area contributed by atoms with E-state index in [1.807, 2.05) is 6.07 Å². The van der Waals surface area contributed by atoms with E-state index in [1.165, 1.54) is 49.4 Å². The molecule has 2 aromatic rings. The Balaban J connectivity index is 2.41. The highest BCUT2D eigenvalue weighted by molar-refractivity contribution is 7.92. The highest BCUT2D eigenvalue weighted by Gasteiger charge is 2.16. The summed E-state index contributed by atoms with van der Waals surface area (Å²) in [6.45, 7) is 1.49. The minimum atomic E-state index is -3.85. The molecule has 0 unspecified atom stereocenters. The van der Waals surface area contributed by atoms with E-state index in [-0.39, 0.29) is 21.7 Å². The maximum atomic E-state index is 13.4. The van der Waals surface area contributed by atoms with Crippen molar-refractivity contribution >= 4 is 15.7 Å². The van der Waals surface area contributed by atoms with Crippen LogP contribution < -0.4 is 4.72 Å². The number of nitriles is 1. The van der Waals surface area contributed by atoms with E-state index < -0.39 is 15.8 Å². The summed E-state index contributed by atoms with van der Waals surface area (Å²) < 4.78 is 40.1. The maximum Gasteiger partial charge on any atom is 0.261 e. The Morgan fingerprint density at radius 3 is 2.60 bits per heavy atom. The lowest BCUT2D eigenvalue weighted by Gasteiger charge is -2.11. The van der Waals surface area contributed by atoms with Crippen LogP contribution in [0.3, 0.4) is 0 Å². The molecule has 2 rings (SSSR count). The first kappa shape index (κ1) is 14.0. The fraction of sp³-hybridized carbons (Fsp3) is 0.0714. The Kier molecular flexibility index (Phi) is 3.72. The molecule has 0 spiro atoms. The molecule has 0 fully saturated rings. The zero-order chi connectivity index (χ0) is 14.8. The zero-order valence-electron chi connectivity index (χ0n) is 10.6. The summed E-state index contributed by atoms with van der Waals surface area (Å²) in [4.78, 5) is -0.0415. The number of anilines is 1. The molecule has 6 heteroatoms. The zero-order valence-corrected chi connectivity index (χ0v) is 11.4. The minimum Gasteiger partial charge on any atom is -0.279 e. The lowest BCUT2D eigenvalue weighted by atomic mass is 10.2. The van der Waals surface area contributed by atoms with Crippen LogP contribution in [0, 0.1) is 24.1 Å². The van der Waals surface area contributed by atoms with Gasteiger partial charge in [-0.15, -0.1) is 0 Å². The Labute approximate surface area is 116 Å². The molecule has 2 aromatic carbocycles. The van der Waals surface area contributed by atoms with Crippen LogP contribution in [0.15, 0.2) is 47.4 Å². The van der Waals surface area contributed by atoms with Crippen LogP contribution in [-0.2, 0) is 10.0 Å². The highest BCUT2D eigenvalue weighted by Crippen LogP contribution is 2.21. The topological polar surface area (TPSA) is 70.0 Å². The third-order valence-corrected chi connectivity index (χ3v) is 4.15. The predicted octanol–water partition coefficient (Wildman–Crippen LogP) is 2.81. The van der Waals surface area contributed by atoms with Gasteiger partial charge in [-0.25, -0.2) is 12.8 Å². The summed E-state index contributed by atoms with van der Waals surface area (Å²) in [5.74, 6) is -0.490. The summed E-state index contributed by atoms with van der Waals surface area (Å²) >= 11 is 0. The second-order valence-electron chi connectivity index (χ2n) is 4.16. The molecule has 0 bridgehead atoms. The van der Waals surface area contributed by atoms with Crippen molar-refractivity contribution in [3.05, 3.63) is 59.4 Å². The maximum absolute atomic E-state index is 13.4. The molecule has 0 aliphatic carbocycles. The molecule has 0 heterocycles. The standard InChI is InChI=1S/C14H11FN2O2S/c1-10-13(15)6-3-7-14(10)17-20(18,19)12-5-2-4-11(8-12)9-16/h2-8,17H,1H3. The van der Waals surface area contributed by atoms with Crippen molar-refractivity contribution in [1.82, 2.24) is 0 Å². The first-order valence-corrected chi connectivity index (χ1v) is 7.20. The fourth-order valence-electron chi connectivity index (χ4n) is 1.65. The summed E-state index contributed by atoms with van der Waals surface area (Å²) in [5, 5.41) is 8.78. The van der Waals surface area contributed by atoms with Crippen molar-refractivity contribution in [2.45, 2.75) is 11.8 Å². The van der Waals surface area contributed by atoms with Crippen LogP contribution in [0.4, 0.5) is 10.1 Å². The number of rotatable bonds is 3. The average molecular weight is 290 g/mol. The van der Waals surface area contributed by atoms with E-state index in [2.05, 4.69) is 4.72 Å². The van der Waals surface area contributed by atoms with Crippen molar-refractivity contribution in [1.29, 1.82) is 5.26 Å². The van der Waals surface area contributed by atoms with Gasteiger partial charge in [-0.05, 0) is 37.3 Å². The Morgan fingerprint density at radius 2 is 1.90 bits per heavy atom. The second-order valence-corrected chi connectivity index (χ2v) is 5.84. The van der Waals surface area contributed by atoms with Crippen LogP contribution >= 0.6 is 0 Å². The van der Waals surface area contributed by atoms with Crippen LogP contribution in [-0.4, -0.2) is 8.42 Å². The molecule has 0 saturated heterocycles. The summed E-state index contributed by atoms with van der Waals surface area (Å²) in [6.07, 6.45) is 0. The normalized spacial score (nSPS) is 10.8. The third-order valence-electron chi connectivity index (χ3n) is 2.79. The van der Waals surface area contributed by atoms with Crippen molar-refractivity contribution in [3.8, 4) is 6.07 Å². The average Bonchev–Trinajstić information content (AvgIpc) is 2.44. The van der Waals surface area contributed by atoms with Crippen LogP contribution in [0.2, 0.25) is 0 Å². The van der Waals surface area contributed by atoms with E-state index >= 15 is 0 Å². The molecule has 0 amide bonds. The van der Waals surface area contributed by atoms with E-state index in [9.17, 15) is 12.8 Å². The van der Waals surface area contributed by atoms with Gasteiger partial charge in [0, 0.05) is 5.56 Å². The molecule has 20 heavy (non-hydrogen) atoms. The van der Waals surface area contributed by atoms with Crippen molar-refractivity contribution in [3.63, 3.8) is 0 Å². The monoisotopic (exact) mass is 290 g/mol. The van der Waals surface area contributed by atoms with E-state index in [0.717, 1.165) is 0 Å². The van der Waals surface area contributed by atoms with E-state index in [1.54, 1.807) is 0 Å². The lowest BCUT2D eigenvalue weighted by molar-refractivity contribution is 0.600. The van der Waals surface area contributed by atoms with Gasteiger partial charge < -0.3 is 0 Å². The Bertz CT molecular complexity index is 795. The SMILES string of the molecule is Cc1c(F)cccc1NS(=O)(=O)c1cccc(C#N)c1. The lowest BCUT2D eigenvalue weighted by Crippen LogP contribution is -2.14. The minimum absolute atomic E-state index is 0.0415.